The molecule has 7 nitrogen and oxygen atoms in total. The smallest absolute Gasteiger partial charge is 0.790 e. The van der Waals surface area contributed by atoms with Crippen LogP contribution in [0.5, 0.6) is 0 Å². The summed E-state index contributed by atoms with van der Waals surface area (Å²) < 4.78 is 8.66. The molecule has 0 unspecified atom stereocenters. The van der Waals surface area contributed by atoms with E-state index in [4.69, 9.17) is 29.4 Å². The zero-order valence-corrected chi connectivity index (χ0v) is 13.3. The molecule has 0 rings (SSSR count). The first kappa shape index (κ1) is 29.2. The molecule has 11 heteroatoms. The first-order valence-corrected chi connectivity index (χ1v) is 2.61. The van der Waals surface area contributed by atoms with Crippen LogP contribution in [0.3, 0.4) is 0 Å². The van der Waals surface area contributed by atoms with Crippen LogP contribution in [-0.2, 0) is 4.57 Å². The summed E-state index contributed by atoms with van der Waals surface area (Å²) in [7, 11) is -5.14. The van der Waals surface area contributed by atoms with Crippen LogP contribution in [0.2, 0.25) is 0 Å². The van der Waals surface area contributed by atoms with E-state index in [1.54, 1.807) is 0 Å². The Morgan fingerprint density at radius 3 is 1.18 bits per heavy atom. The minimum atomic E-state index is -5.14. The SMILES string of the molecule is O=N[O-].O=P([O-])([O-])O.[Na+].[Na+].[Na+]. The van der Waals surface area contributed by atoms with Gasteiger partial charge in [0.25, 0.3) is 0 Å². The Hall–Kier alpha value is 2.51. The van der Waals surface area contributed by atoms with Crippen molar-refractivity contribution in [1.82, 2.24) is 0 Å². The van der Waals surface area contributed by atoms with Gasteiger partial charge in [0.1, 0.15) is 0 Å². The van der Waals surface area contributed by atoms with Gasteiger partial charge in [-0.3, -0.25) is 0 Å². The number of hydrogen-bond donors (Lipinski definition) is 1. The summed E-state index contributed by atoms with van der Waals surface area (Å²) in [5.41, 5.74) is 0. The van der Waals surface area contributed by atoms with Gasteiger partial charge in [0.15, 0.2) is 0 Å². The molecule has 11 heavy (non-hydrogen) atoms. The molecule has 0 fully saturated rings. The van der Waals surface area contributed by atoms with E-state index in [1.165, 1.54) is 0 Å². The molecule has 0 aromatic carbocycles. The molecule has 0 spiro atoms. The van der Waals surface area contributed by atoms with Crippen molar-refractivity contribution in [2.45, 2.75) is 0 Å². The summed E-state index contributed by atoms with van der Waals surface area (Å²) in [5.74, 6) is 0. The van der Waals surface area contributed by atoms with Gasteiger partial charge in [-0.25, -0.2) is 0 Å². The monoisotopic (exact) mass is 211 g/mol. The van der Waals surface area contributed by atoms with Crippen LogP contribution >= 0.6 is 7.82 Å². The fraction of sp³-hybridized carbons (Fsp3) is 0. The molecule has 0 aliphatic carbocycles. The maximum atomic E-state index is 8.66. The van der Waals surface area contributed by atoms with E-state index in [0.29, 0.717) is 0 Å². The van der Waals surface area contributed by atoms with Crippen molar-refractivity contribution in [1.29, 1.82) is 0 Å². The molecule has 0 aliphatic heterocycles. The van der Waals surface area contributed by atoms with Gasteiger partial charge in [-0.05, 0) is 0 Å². The van der Waals surface area contributed by atoms with E-state index in [0.717, 1.165) is 5.34 Å². The summed E-state index contributed by atoms with van der Waals surface area (Å²) >= 11 is 0. The summed E-state index contributed by atoms with van der Waals surface area (Å²) in [5, 5.41) is 9.00. The second-order valence-electron chi connectivity index (χ2n) is 0.543. The third-order valence-electron chi connectivity index (χ3n) is 0. The molecular weight excluding hydrogens is 210 g/mol. The maximum Gasteiger partial charge on any atom is 1.00 e. The van der Waals surface area contributed by atoms with E-state index < -0.39 is 7.82 Å². The molecule has 0 heterocycles. The largest absolute Gasteiger partial charge is 1.00 e. The fourth-order valence-electron chi connectivity index (χ4n) is 0. The summed E-state index contributed by atoms with van der Waals surface area (Å²) in [4.78, 5) is 32.3. The molecule has 0 saturated carbocycles. The Morgan fingerprint density at radius 2 is 1.18 bits per heavy atom. The average Bonchev–Trinajstić information content (AvgIpc) is 1.27. The van der Waals surface area contributed by atoms with E-state index in [-0.39, 0.29) is 88.7 Å². The number of phosphoric acid groups is 1. The van der Waals surface area contributed by atoms with Crippen molar-refractivity contribution < 1.29 is 108 Å². The molecule has 0 atom stereocenters. The topological polar surface area (TPSA) is 136 Å². The minimum absolute atomic E-state index is 0. The quantitative estimate of drug-likeness (QED) is 0.183. The summed E-state index contributed by atoms with van der Waals surface area (Å²) in [6, 6.07) is 0. The van der Waals surface area contributed by atoms with Crippen LogP contribution in [0.25, 0.3) is 0 Å². The molecular formula is HNNa3O6P. The standard InChI is InChI=1S/HNO2.3Na.H3O4P/c2-1-3;;;;1-5(2,3)4/h(H,2,3);;;;(H3,1,2,3,4)/q;3*+1;/p-3. The molecule has 0 saturated heterocycles. The van der Waals surface area contributed by atoms with Crippen molar-refractivity contribution in [2.24, 2.45) is 5.34 Å². The number of rotatable bonds is 0. The number of hydrogen-bond acceptors (Lipinski definition) is 6. The van der Waals surface area contributed by atoms with Crippen molar-refractivity contribution in [3.63, 3.8) is 0 Å². The Bertz CT molecular complexity index is 91.7. The van der Waals surface area contributed by atoms with E-state index in [1.807, 2.05) is 0 Å². The van der Waals surface area contributed by atoms with Gasteiger partial charge in [-0.15, -0.1) is 5.34 Å². The zero-order chi connectivity index (χ0) is 7.21. The second-order valence-corrected chi connectivity index (χ2v) is 1.48. The van der Waals surface area contributed by atoms with Gasteiger partial charge in [-0.2, -0.15) is 0 Å². The third kappa shape index (κ3) is 219. The zero-order valence-electron chi connectivity index (χ0n) is 6.38. The second kappa shape index (κ2) is 18.3. The molecule has 0 aliphatic rings. The predicted molar refractivity (Wildman–Crippen MR) is 19.0 cm³/mol. The van der Waals surface area contributed by atoms with Crippen LogP contribution in [0.4, 0.5) is 0 Å². The van der Waals surface area contributed by atoms with Gasteiger partial charge >= 0.3 is 88.7 Å². The Balaban J connectivity index is -0.0000000183. The van der Waals surface area contributed by atoms with Gasteiger partial charge in [-0.1, -0.05) is 0 Å². The Morgan fingerprint density at radius 1 is 1.18 bits per heavy atom. The molecule has 50 valence electrons. The number of nitrogens with zero attached hydrogens (tertiary/aromatic N) is 1. The predicted octanol–water partition coefficient (Wildman–Crippen LogP) is -10.9. The van der Waals surface area contributed by atoms with Crippen molar-refractivity contribution in [3.8, 4) is 0 Å². The Kier molecular flexibility index (Phi) is 48.6. The van der Waals surface area contributed by atoms with E-state index >= 15 is 0 Å². The van der Waals surface area contributed by atoms with Gasteiger partial charge < -0.3 is 29.4 Å². The fourth-order valence-corrected chi connectivity index (χ4v) is 0. The van der Waals surface area contributed by atoms with Gasteiger partial charge in [0.2, 0.25) is 0 Å². The maximum absolute atomic E-state index is 8.66. The first-order valence-electron chi connectivity index (χ1n) is 1.11. The first-order chi connectivity index (χ1) is 3.41. The van der Waals surface area contributed by atoms with Crippen LogP contribution < -0.4 is 98.5 Å². The van der Waals surface area contributed by atoms with Gasteiger partial charge in [0.05, 0.1) is 7.82 Å². The average molecular weight is 211 g/mol. The van der Waals surface area contributed by atoms with Crippen molar-refractivity contribution in [2.75, 3.05) is 0 Å². The van der Waals surface area contributed by atoms with Crippen LogP contribution in [0.1, 0.15) is 0 Å². The Labute approximate surface area is 129 Å². The van der Waals surface area contributed by atoms with Crippen LogP contribution in [-0.4, -0.2) is 4.89 Å². The molecule has 0 aromatic heterocycles. The van der Waals surface area contributed by atoms with Gasteiger partial charge in [0, 0.05) is 0 Å². The molecule has 0 bridgehead atoms. The van der Waals surface area contributed by atoms with Crippen molar-refractivity contribution in [3.05, 3.63) is 10.1 Å². The van der Waals surface area contributed by atoms with E-state index in [2.05, 4.69) is 0 Å². The minimum Gasteiger partial charge on any atom is -0.790 e. The molecule has 0 aromatic rings. The molecule has 1 N–H and O–H groups in total. The van der Waals surface area contributed by atoms with Crippen LogP contribution in [0, 0.1) is 10.1 Å². The van der Waals surface area contributed by atoms with Crippen molar-refractivity contribution >= 4 is 7.82 Å². The third-order valence-corrected chi connectivity index (χ3v) is 0. The summed E-state index contributed by atoms with van der Waals surface area (Å²) in [6.45, 7) is 0. The van der Waals surface area contributed by atoms with Crippen LogP contribution in [0.15, 0.2) is 5.34 Å². The molecule has 0 radical (unpaired) electrons. The molecule has 0 amide bonds. The van der Waals surface area contributed by atoms with E-state index in [9.17, 15) is 0 Å². The summed E-state index contributed by atoms with van der Waals surface area (Å²) in [6.07, 6.45) is 0. The normalized spacial score (nSPS) is 6.45.